The number of rotatable bonds is 9. The van der Waals surface area contributed by atoms with Gasteiger partial charge in [-0.15, -0.1) is 0 Å². The highest BCUT2D eigenvalue weighted by Crippen LogP contribution is 2.37. The van der Waals surface area contributed by atoms with Crippen molar-refractivity contribution >= 4 is 44.5 Å². The Bertz CT molecular complexity index is 1980. The third-order valence-electron chi connectivity index (χ3n) is 6.62. The van der Waals surface area contributed by atoms with Gasteiger partial charge < -0.3 is 27.8 Å². The average molecular weight is 559 g/mol. The van der Waals surface area contributed by atoms with Crippen LogP contribution in [0.5, 0.6) is 11.5 Å². The maximum atomic E-state index is 14.0. The summed E-state index contributed by atoms with van der Waals surface area (Å²) in [7, 11) is 2.90. The molecule has 0 fully saturated rings. The Morgan fingerprint density at radius 2 is 1.46 bits per heavy atom. The first-order chi connectivity index (χ1) is 19.7. The van der Waals surface area contributed by atoms with Gasteiger partial charge in [-0.3, -0.25) is 19.2 Å². The highest BCUT2D eigenvalue weighted by atomic mass is 16.7. The monoisotopic (exact) mass is 558 g/mol. The minimum atomic E-state index is -0.546. The van der Waals surface area contributed by atoms with E-state index in [9.17, 15) is 19.2 Å². The molecule has 0 aliphatic heterocycles. The van der Waals surface area contributed by atoms with Gasteiger partial charge in [-0.25, -0.2) is 0 Å². The molecule has 10 heteroatoms. The number of ether oxygens (including phenoxy) is 4. The number of hydrogen-bond acceptors (Lipinski definition) is 10. The van der Waals surface area contributed by atoms with E-state index in [0.717, 1.165) is 5.56 Å². The second kappa shape index (κ2) is 11.0. The molecule has 210 valence electrons. The normalized spacial score (nSPS) is 11.3. The molecular formula is C31H26O10. The zero-order valence-corrected chi connectivity index (χ0v) is 23.0. The van der Waals surface area contributed by atoms with Crippen LogP contribution in [0, 0.1) is 6.92 Å². The smallest absolute Gasteiger partial charge is 0.200 e. The van der Waals surface area contributed by atoms with Gasteiger partial charge >= 0.3 is 0 Å². The molecule has 5 aromatic rings. The number of hydrogen-bond donors (Lipinski definition) is 0. The molecule has 5 rings (SSSR count). The van der Waals surface area contributed by atoms with Crippen LogP contribution in [0.1, 0.15) is 40.1 Å². The van der Waals surface area contributed by atoms with E-state index in [1.807, 2.05) is 6.92 Å². The third-order valence-corrected chi connectivity index (χ3v) is 6.62. The van der Waals surface area contributed by atoms with Crippen molar-refractivity contribution < 1.29 is 37.4 Å². The van der Waals surface area contributed by atoms with Crippen LogP contribution < -0.4 is 20.3 Å². The summed E-state index contributed by atoms with van der Waals surface area (Å²) in [5.41, 5.74) is 0.208. The van der Waals surface area contributed by atoms with E-state index in [1.165, 1.54) is 52.5 Å². The lowest BCUT2D eigenvalue weighted by molar-refractivity contribution is 0.0324. The summed E-state index contributed by atoms with van der Waals surface area (Å²) >= 11 is 0. The van der Waals surface area contributed by atoms with E-state index >= 15 is 0 Å². The van der Waals surface area contributed by atoms with Crippen LogP contribution in [-0.4, -0.2) is 39.4 Å². The lowest BCUT2D eigenvalue weighted by Crippen LogP contribution is -2.14. The number of benzene rings is 3. The molecule has 0 radical (unpaired) electrons. The van der Waals surface area contributed by atoms with Gasteiger partial charge in [-0.1, -0.05) is 6.07 Å². The fraction of sp³-hybridized carbons (Fsp3) is 0.226. The van der Waals surface area contributed by atoms with Crippen molar-refractivity contribution in [1.82, 2.24) is 0 Å². The topological polar surface area (TPSA) is 131 Å². The molecule has 0 aliphatic carbocycles. The second-order valence-electron chi connectivity index (χ2n) is 9.47. The Morgan fingerprint density at radius 3 is 2.10 bits per heavy atom. The quantitative estimate of drug-likeness (QED) is 0.132. The second-order valence-corrected chi connectivity index (χ2v) is 9.47. The first-order valence-electron chi connectivity index (χ1n) is 12.6. The van der Waals surface area contributed by atoms with E-state index in [2.05, 4.69) is 0 Å². The van der Waals surface area contributed by atoms with E-state index in [0.29, 0.717) is 5.39 Å². The van der Waals surface area contributed by atoms with Gasteiger partial charge in [0.2, 0.25) is 10.9 Å². The molecule has 0 aliphatic rings. The number of ketones is 2. The molecular weight excluding hydrogens is 532 g/mol. The molecule has 41 heavy (non-hydrogen) atoms. The van der Waals surface area contributed by atoms with Gasteiger partial charge in [0, 0.05) is 31.4 Å². The molecule has 0 N–H and O–H groups in total. The Morgan fingerprint density at radius 1 is 0.780 bits per heavy atom. The molecule has 0 spiro atoms. The fourth-order valence-electron chi connectivity index (χ4n) is 4.77. The van der Waals surface area contributed by atoms with Crippen LogP contribution in [-0.2, 0) is 9.47 Å². The predicted octanol–water partition coefficient (Wildman–Crippen LogP) is 5.40. The largest absolute Gasteiger partial charge is 0.464 e. The van der Waals surface area contributed by atoms with Crippen LogP contribution in [0.3, 0.4) is 0 Å². The number of carbonyl (C=O) groups excluding carboxylic acids is 2. The molecule has 0 saturated carbocycles. The van der Waals surface area contributed by atoms with Gasteiger partial charge in [0.25, 0.3) is 0 Å². The number of methoxy groups -OCH3 is 2. The van der Waals surface area contributed by atoms with Gasteiger partial charge in [-0.2, -0.15) is 0 Å². The first kappa shape index (κ1) is 27.8. The van der Waals surface area contributed by atoms with Crippen molar-refractivity contribution in [3.63, 3.8) is 0 Å². The standard InChI is InChI=1S/C31H26O10/c1-15-6-7-18-24(8-15)41-31-21(29(18)34)9-19(16(2)32)28(27(31)17(3)33)22-12-38-23-11-26(40-14-37-5)25(39-13-36-4)10-20(23)30(22)35/h6-12H,13-14H2,1-5H3. The summed E-state index contributed by atoms with van der Waals surface area (Å²) in [6.07, 6.45) is 1.17. The molecule has 2 heterocycles. The van der Waals surface area contributed by atoms with Crippen LogP contribution in [0.15, 0.2) is 61.1 Å². The van der Waals surface area contributed by atoms with Crippen molar-refractivity contribution in [1.29, 1.82) is 0 Å². The van der Waals surface area contributed by atoms with Crippen molar-refractivity contribution in [2.24, 2.45) is 0 Å². The zero-order valence-electron chi connectivity index (χ0n) is 23.0. The molecule has 3 aromatic carbocycles. The lowest BCUT2D eigenvalue weighted by atomic mass is 9.88. The number of aryl methyl sites for hydroxylation is 1. The number of Topliss-reactive ketones (excluding diaryl/α,β-unsaturated/α-hetero) is 2. The highest BCUT2D eigenvalue weighted by Gasteiger charge is 2.27. The van der Waals surface area contributed by atoms with Crippen molar-refractivity contribution in [3.05, 3.63) is 79.8 Å². The lowest BCUT2D eigenvalue weighted by Gasteiger charge is -2.16. The van der Waals surface area contributed by atoms with E-state index in [-0.39, 0.29) is 74.9 Å². The molecule has 2 aromatic heterocycles. The summed E-state index contributed by atoms with van der Waals surface area (Å²) in [6, 6.07) is 9.35. The van der Waals surface area contributed by atoms with Crippen LogP contribution in [0.2, 0.25) is 0 Å². The third kappa shape index (κ3) is 4.88. The van der Waals surface area contributed by atoms with Gasteiger partial charge in [-0.05, 0) is 50.6 Å². The number of carbonyl (C=O) groups is 2. The minimum absolute atomic E-state index is 0.00372. The zero-order chi connectivity index (χ0) is 29.4. The van der Waals surface area contributed by atoms with E-state index in [1.54, 1.807) is 18.2 Å². The molecule has 0 amide bonds. The average Bonchev–Trinajstić information content (AvgIpc) is 2.94. The SMILES string of the molecule is COCOc1cc2occ(-c3c(C(C)=O)cc4c(=O)c5ccc(C)cc5oc4c3C(C)=O)c(=O)c2cc1OCOC. The Kier molecular flexibility index (Phi) is 7.44. The minimum Gasteiger partial charge on any atom is -0.464 e. The summed E-state index contributed by atoms with van der Waals surface area (Å²) in [6.45, 7) is 4.20. The summed E-state index contributed by atoms with van der Waals surface area (Å²) in [4.78, 5) is 53.5. The Hall–Kier alpha value is -4.80. The van der Waals surface area contributed by atoms with Gasteiger partial charge in [0.1, 0.15) is 23.0 Å². The molecule has 0 unspecified atom stereocenters. The maximum Gasteiger partial charge on any atom is 0.200 e. The Balaban J connectivity index is 1.87. The van der Waals surface area contributed by atoms with Crippen molar-refractivity contribution in [3.8, 4) is 22.6 Å². The fourth-order valence-corrected chi connectivity index (χ4v) is 4.77. The highest BCUT2D eigenvalue weighted by molar-refractivity contribution is 6.17. The molecule has 0 atom stereocenters. The molecule has 0 saturated heterocycles. The van der Waals surface area contributed by atoms with Crippen molar-refractivity contribution in [2.75, 3.05) is 27.8 Å². The van der Waals surface area contributed by atoms with Gasteiger partial charge in [0.15, 0.2) is 36.7 Å². The summed E-state index contributed by atoms with van der Waals surface area (Å²) in [5, 5.41) is 0.457. The summed E-state index contributed by atoms with van der Waals surface area (Å²) < 4.78 is 33.1. The Labute approximate surface area is 233 Å². The number of fused-ring (bicyclic) bond motifs is 3. The van der Waals surface area contributed by atoms with Crippen LogP contribution in [0.4, 0.5) is 0 Å². The predicted molar refractivity (Wildman–Crippen MR) is 151 cm³/mol. The molecule has 0 bridgehead atoms. The van der Waals surface area contributed by atoms with E-state index < -0.39 is 22.4 Å². The maximum absolute atomic E-state index is 14.0. The summed E-state index contributed by atoms with van der Waals surface area (Å²) in [5.74, 6) is -0.531. The van der Waals surface area contributed by atoms with Crippen LogP contribution >= 0.6 is 0 Å². The van der Waals surface area contributed by atoms with Crippen molar-refractivity contribution in [2.45, 2.75) is 20.8 Å². The molecule has 10 nitrogen and oxygen atoms in total. The first-order valence-corrected chi connectivity index (χ1v) is 12.6. The van der Waals surface area contributed by atoms with Crippen LogP contribution in [0.25, 0.3) is 44.0 Å². The van der Waals surface area contributed by atoms with Gasteiger partial charge in [0.05, 0.1) is 27.3 Å². The van der Waals surface area contributed by atoms with E-state index in [4.69, 9.17) is 27.8 Å².